The predicted molar refractivity (Wildman–Crippen MR) is 141 cm³/mol. The molecule has 0 unspecified atom stereocenters. The summed E-state index contributed by atoms with van der Waals surface area (Å²) < 4.78 is 33.4. The van der Waals surface area contributed by atoms with Gasteiger partial charge in [0, 0.05) is 24.5 Å². The third kappa shape index (κ3) is 4.28. The van der Waals surface area contributed by atoms with E-state index >= 15 is 0 Å². The molecule has 0 aliphatic carbocycles. The van der Waals surface area contributed by atoms with Gasteiger partial charge >= 0.3 is 0 Å². The van der Waals surface area contributed by atoms with Crippen LogP contribution in [0.2, 0.25) is 0 Å². The molecule has 0 atom stereocenters. The van der Waals surface area contributed by atoms with Crippen molar-refractivity contribution in [1.29, 1.82) is 0 Å². The van der Waals surface area contributed by atoms with E-state index in [0.717, 1.165) is 27.1 Å². The van der Waals surface area contributed by atoms with Gasteiger partial charge in [-0.05, 0) is 64.5 Å². The van der Waals surface area contributed by atoms with Gasteiger partial charge in [-0.3, -0.25) is 4.79 Å². The van der Waals surface area contributed by atoms with Gasteiger partial charge in [0.05, 0.1) is 28.4 Å². The highest BCUT2D eigenvalue weighted by molar-refractivity contribution is 6.13. The van der Waals surface area contributed by atoms with Crippen LogP contribution >= 0.6 is 0 Å². The summed E-state index contributed by atoms with van der Waals surface area (Å²) in [5.41, 5.74) is 1.59. The minimum absolute atomic E-state index is 0.0923. The lowest BCUT2D eigenvalue weighted by Crippen LogP contribution is -2.28. The molecule has 5 rings (SSSR count). The first kappa shape index (κ1) is 24.4. The molecule has 1 aliphatic heterocycles. The number of hydrogen-bond donors (Lipinski definition) is 0. The van der Waals surface area contributed by atoms with Crippen molar-refractivity contribution in [1.82, 2.24) is 4.90 Å². The molecule has 0 saturated carbocycles. The van der Waals surface area contributed by atoms with Crippen LogP contribution < -0.4 is 28.4 Å². The van der Waals surface area contributed by atoms with Gasteiger partial charge in [-0.25, -0.2) is 0 Å². The van der Waals surface area contributed by atoms with Gasteiger partial charge in [0.1, 0.15) is 0 Å². The van der Waals surface area contributed by atoms with Crippen LogP contribution in [0.25, 0.3) is 21.5 Å². The van der Waals surface area contributed by atoms with Gasteiger partial charge < -0.3 is 33.3 Å². The summed E-state index contributed by atoms with van der Waals surface area (Å²) in [7, 11) is 8.28. The van der Waals surface area contributed by atoms with Crippen LogP contribution in [-0.4, -0.2) is 59.6 Å². The molecule has 1 aliphatic rings. The van der Waals surface area contributed by atoms with E-state index in [-0.39, 0.29) is 12.7 Å². The Bertz CT molecular complexity index is 1500. The minimum Gasteiger partial charge on any atom is -0.493 e. The second kappa shape index (κ2) is 9.97. The number of benzene rings is 4. The van der Waals surface area contributed by atoms with Gasteiger partial charge in [0.2, 0.25) is 6.79 Å². The number of ether oxygens (including phenoxy) is 6. The summed E-state index contributed by atoms with van der Waals surface area (Å²) in [6.07, 6.45) is 0.614. The van der Waals surface area contributed by atoms with E-state index in [9.17, 15) is 4.79 Å². The molecule has 1 amide bonds. The fourth-order valence-corrected chi connectivity index (χ4v) is 4.79. The normalized spacial score (nSPS) is 12.0. The first-order valence-electron chi connectivity index (χ1n) is 11.9. The van der Waals surface area contributed by atoms with E-state index in [0.29, 0.717) is 53.0 Å². The van der Waals surface area contributed by atoms with Crippen LogP contribution in [0.4, 0.5) is 0 Å². The van der Waals surface area contributed by atoms with Gasteiger partial charge in [0.25, 0.3) is 5.91 Å². The lowest BCUT2D eigenvalue weighted by molar-refractivity contribution is 0.0796. The summed E-state index contributed by atoms with van der Waals surface area (Å²) in [4.78, 5) is 14.8. The molecule has 8 heteroatoms. The molecule has 0 fully saturated rings. The van der Waals surface area contributed by atoms with Crippen LogP contribution in [0.5, 0.6) is 34.5 Å². The number of methoxy groups -OCH3 is 4. The molecule has 0 spiro atoms. The quantitative estimate of drug-likeness (QED) is 0.311. The van der Waals surface area contributed by atoms with E-state index < -0.39 is 0 Å². The number of carbonyl (C=O) groups excluding carboxylic acids is 1. The van der Waals surface area contributed by atoms with Gasteiger partial charge in [-0.2, -0.15) is 0 Å². The summed E-state index contributed by atoms with van der Waals surface area (Å²) in [6, 6.07) is 15.2. The van der Waals surface area contributed by atoms with Crippen LogP contribution in [0.3, 0.4) is 0 Å². The standard InChI is InChI=1S/C29H29NO7/c1-30(29(31)19-7-9-22-25(14-19)37-16-36-22)11-10-18-13-26(34-4)28(35-5)27-20(18)8-6-17-12-23(32-2)24(33-3)15-21(17)27/h6-9,12-15H,10-11,16H2,1-5H3. The Hall–Kier alpha value is -4.33. The van der Waals surface area contributed by atoms with Crippen molar-refractivity contribution in [3.8, 4) is 34.5 Å². The maximum absolute atomic E-state index is 13.1. The summed E-state index contributed by atoms with van der Waals surface area (Å²) in [6.45, 7) is 0.671. The summed E-state index contributed by atoms with van der Waals surface area (Å²) in [5, 5.41) is 3.87. The lowest BCUT2D eigenvalue weighted by atomic mass is 9.95. The Labute approximate surface area is 215 Å². The average molecular weight is 504 g/mol. The van der Waals surface area contributed by atoms with Crippen LogP contribution in [0.1, 0.15) is 15.9 Å². The average Bonchev–Trinajstić information content (AvgIpc) is 3.41. The Balaban J connectivity index is 1.52. The SMILES string of the molecule is COc1cc2ccc3c(CCN(C)C(=O)c4ccc5c(c4)OCO5)cc(OC)c(OC)c3c2cc1OC. The molecule has 37 heavy (non-hydrogen) atoms. The van der Waals surface area contributed by atoms with Crippen LogP contribution in [0, 0.1) is 0 Å². The Kier molecular flexibility index (Phi) is 6.56. The van der Waals surface area contributed by atoms with Gasteiger partial charge in [0.15, 0.2) is 34.5 Å². The Morgan fingerprint density at radius 2 is 1.54 bits per heavy atom. The zero-order chi connectivity index (χ0) is 26.1. The first-order valence-corrected chi connectivity index (χ1v) is 11.9. The molecule has 1 heterocycles. The molecule has 0 radical (unpaired) electrons. The van der Waals surface area contributed by atoms with Crippen molar-refractivity contribution in [2.24, 2.45) is 0 Å². The molecule has 8 nitrogen and oxygen atoms in total. The van der Waals surface area contributed by atoms with Crippen molar-refractivity contribution < 1.29 is 33.2 Å². The molecular formula is C29H29NO7. The Morgan fingerprint density at radius 3 is 2.27 bits per heavy atom. The van der Waals surface area contributed by atoms with Crippen LogP contribution in [-0.2, 0) is 6.42 Å². The zero-order valence-electron chi connectivity index (χ0n) is 21.5. The Morgan fingerprint density at radius 1 is 0.811 bits per heavy atom. The van der Waals surface area contributed by atoms with Crippen molar-refractivity contribution in [3.05, 3.63) is 59.7 Å². The van der Waals surface area contributed by atoms with Crippen molar-refractivity contribution in [2.45, 2.75) is 6.42 Å². The topological polar surface area (TPSA) is 75.7 Å². The largest absolute Gasteiger partial charge is 0.493 e. The third-order valence-corrected chi connectivity index (χ3v) is 6.73. The molecule has 192 valence electrons. The van der Waals surface area contributed by atoms with Crippen molar-refractivity contribution in [3.63, 3.8) is 0 Å². The zero-order valence-corrected chi connectivity index (χ0v) is 21.5. The minimum atomic E-state index is -0.0923. The van der Waals surface area contributed by atoms with E-state index in [2.05, 4.69) is 12.1 Å². The van der Waals surface area contributed by atoms with Crippen molar-refractivity contribution >= 4 is 27.5 Å². The predicted octanol–water partition coefficient (Wildman–Crippen LogP) is 5.07. The van der Waals surface area contributed by atoms with Gasteiger partial charge in [-0.15, -0.1) is 0 Å². The smallest absolute Gasteiger partial charge is 0.253 e. The van der Waals surface area contributed by atoms with E-state index in [1.54, 1.807) is 58.6 Å². The second-order valence-corrected chi connectivity index (χ2v) is 8.73. The fourth-order valence-electron chi connectivity index (χ4n) is 4.79. The molecule has 4 aromatic rings. The second-order valence-electron chi connectivity index (χ2n) is 8.73. The maximum Gasteiger partial charge on any atom is 0.253 e. The highest BCUT2D eigenvalue weighted by Crippen LogP contribution is 2.44. The highest BCUT2D eigenvalue weighted by atomic mass is 16.7. The van der Waals surface area contributed by atoms with Crippen LogP contribution in [0.15, 0.2) is 48.5 Å². The molecule has 0 bridgehead atoms. The van der Waals surface area contributed by atoms with Crippen molar-refractivity contribution in [2.75, 3.05) is 48.8 Å². The summed E-state index contributed by atoms with van der Waals surface area (Å²) in [5.74, 6) is 3.69. The number of fused-ring (bicyclic) bond motifs is 4. The lowest BCUT2D eigenvalue weighted by Gasteiger charge is -2.20. The monoisotopic (exact) mass is 503 g/mol. The fraction of sp³-hybridized carbons (Fsp3) is 0.276. The molecule has 0 aromatic heterocycles. The number of rotatable bonds is 8. The highest BCUT2D eigenvalue weighted by Gasteiger charge is 2.21. The molecular weight excluding hydrogens is 474 g/mol. The van der Waals surface area contributed by atoms with Gasteiger partial charge in [-0.1, -0.05) is 12.1 Å². The number of amides is 1. The third-order valence-electron chi connectivity index (χ3n) is 6.73. The molecule has 0 N–H and O–H groups in total. The van der Waals surface area contributed by atoms with E-state index in [1.165, 1.54) is 0 Å². The number of carbonyl (C=O) groups is 1. The summed E-state index contributed by atoms with van der Waals surface area (Å²) >= 11 is 0. The molecule has 0 saturated heterocycles. The van der Waals surface area contributed by atoms with E-state index in [4.69, 9.17) is 28.4 Å². The number of hydrogen-bond acceptors (Lipinski definition) is 7. The van der Waals surface area contributed by atoms with E-state index in [1.807, 2.05) is 18.2 Å². The maximum atomic E-state index is 13.1. The first-order chi connectivity index (χ1) is 18.0. The number of likely N-dealkylation sites (N-methyl/N-ethyl adjacent to an activating group) is 1. The molecule has 4 aromatic carbocycles. The number of nitrogens with zero attached hydrogens (tertiary/aromatic N) is 1.